The number of benzene rings is 1. The van der Waals surface area contributed by atoms with E-state index < -0.39 is 0 Å². The summed E-state index contributed by atoms with van der Waals surface area (Å²) in [7, 11) is 0. The van der Waals surface area contributed by atoms with E-state index in [0.29, 0.717) is 6.61 Å². The van der Waals surface area contributed by atoms with E-state index >= 15 is 0 Å². The highest BCUT2D eigenvalue weighted by Crippen LogP contribution is 2.38. The molecule has 5 nitrogen and oxygen atoms in total. The number of anilines is 1. The van der Waals surface area contributed by atoms with Crippen molar-refractivity contribution in [2.24, 2.45) is 0 Å². The van der Waals surface area contributed by atoms with Gasteiger partial charge in [-0.05, 0) is 38.8 Å². The largest absolute Gasteiger partial charge is 0.370 e. The average Bonchev–Trinajstić information content (AvgIpc) is 3.05. The van der Waals surface area contributed by atoms with Crippen LogP contribution in [0.1, 0.15) is 37.6 Å². The van der Waals surface area contributed by atoms with Gasteiger partial charge in [-0.15, -0.1) is 11.3 Å². The molecule has 5 rings (SSSR count). The summed E-state index contributed by atoms with van der Waals surface area (Å²) in [6.45, 7) is 7.03. The number of hydrogen-bond acceptors (Lipinski definition) is 6. The molecule has 29 heavy (non-hydrogen) atoms. The van der Waals surface area contributed by atoms with Crippen molar-refractivity contribution in [1.29, 1.82) is 0 Å². The normalized spacial score (nSPS) is 16.7. The van der Waals surface area contributed by atoms with Gasteiger partial charge in [-0.2, -0.15) is 0 Å². The molecule has 0 unspecified atom stereocenters. The van der Waals surface area contributed by atoms with Gasteiger partial charge in [0.2, 0.25) is 0 Å². The van der Waals surface area contributed by atoms with Crippen LogP contribution in [0.25, 0.3) is 20.4 Å². The molecule has 6 heteroatoms. The molecule has 0 aliphatic carbocycles. The van der Waals surface area contributed by atoms with Crippen molar-refractivity contribution in [3.05, 3.63) is 59.5 Å². The second kappa shape index (κ2) is 7.04. The van der Waals surface area contributed by atoms with Crippen LogP contribution < -0.4 is 5.32 Å². The number of aromatic nitrogens is 3. The Bertz CT molecular complexity index is 1190. The van der Waals surface area contributed by atoms with E-state index in [9.17, 15) is 0 Å². The minimum absolute atomic E-state index is 0.163. The van der Waals surface area contributed by atoms with Crippen LogP contribution in [-0.2, 0) is 24.2 Å². The summed E-state index contributed by atoms with van der Waals surface area (Å²) in [5, 5.41) is 4.67. The third-order valence-electron chi connectivity index (χ3n) is 5.39. The van der Waals surface area contributed by atoms with Crippen molar-refractivity contribution in [3.8, 4) is 0 Å². The Labute approximate surface area is 174 Å². The molecule has 0 amide bonds. The van der Waals surface area contributed by atoms with Crippen LogP contribution in [0, 0.1) is 0 Å². The first-order valence-corrected chi connectivity index (χ1v) is 10.8. The van der Waals surface area contributed by atoms with Gasteiger partial charge in [0, 0.05) is 23.4 Å². The number of rotatable bonds is 4. The second-order valence-corrected chi connectivity index (χ2v) is 9.41. The molecular weight excluding hydrogens is 380 g/mol. The monoisotopic (exact) mass is 404 g/mol. The van der Waals surface area contributed by atoms with Crippen LogP contribution in [0.2, 0.25) is 0 Å². The fourth-order valence-electron chi connectivity index (χ4n) is 3.94. The molecule has 1 aromatic carbocycles. The maximum atomic E-state index is 5.98. The van der Waals surface area contributed by atoms with Crippen LogP contribution in [0.15, 0.2) is 42.7 Å². The molecule has 0 saturated heterocycles. The fraction of sp³-hybridized carbons (Fsp3) is 0.348. The van der Waals surface area contributed by atoms with E-state index in [1.54, 1.807) is 17.7 Å². The van der Waals surface area contributed by atoms with Crippen LogP contribution >= 0.6 is 11.3 Å². The summed E-state index contributed by atoms with van der Waals surface area (Å²) in [4.78, 5) is 15.1. The highest BCUT2D eigenvalue weighted by Gasteiger charge is 2.28. The zero-order chi connectivity index (χ0) is 20.0. The van der Waals surface area contributed by atoms with Crippen molar-refractivity contribution >= 4 is 37.6 Å². The van der Waals surface area contributed by atoms with Gasteiger partial charge in [-0.1, -0.05) is 30.3 Å². The van der Waals surface area contributed by atoms with E-state index in [1.165, 1.54) is 11.1 Å². The molecule has 4 heterocycles. The molecule has 1 atom stereocenters. The molecule has 0 saturated carbocycles. The molecule has 148 valence electrons. The van der Waals surface area contributed by atoms with E-state index in [0.717, 1.165) is 44.8 Å². The molecular formula is C23H24N4OS. The molecule has 1 aliphatic rings. The lowest BCUT2D eigenvalue weighted by molar-refractivity contribution is -0.0411. The summed E-state index contributed by atoms with van der Waals surface area (Å²) in [5.74, 6) is 0.885. The van der Waals surface area contributed by atoms with Crippen molar-refractivity contribution in [2.75, 3.05) is 5.32 Å². The highest BCUT2D eigenvalue weighted by atomic mass is 32.1. The van der Waals surface area contributed by atoms with E-state index in [4.69, 9.17) is 9.72 Å². The molecule has 0 fully saturated rings. The molecule has 0 spiro atoms. The lowest BCUT2D eigenvalue weighted by atomic mass is 9.95. The standard InChI is InChI=1S/C23H24N4OS/c1-14(9-15-7-5-4-6-8-15)26-21-20-19(24-13-25-21)17-10-16-12-28-23(2,3)11-18(16)27-22(17)29-20/h4-8,10,13-14H,9,11-12H2,1-3H3,(H,24,25,26)/t14-/m0/s1. The minimum Gasteiger partial charge on any atom is -0.370 e. The third-order valence-corrected chi connectivity index (χ3v) is 6.49. The number of fused-ring (bicyclic) bond motifs is 4. The lowest BCUT2D eigenvalue weighted by Gasteiger charge is -2.30. The first kappa shape index (κ1) is 18.5. The number of pyridine rings is 1. The zero-order valence-electron chi connectivity index (χ0n) is 16.9. The van der Waals surface area contributed by atoms with Gasteiger partial charge in [-0.25, -0.2) is 15.0 Å². The van der Waals surface area contributed by atoms with Gasteiger partial charge < -0.3 is 10.1 Å². The van der Waals surface area contributed by atoms with Crippen LogP contribution in [0.4, 0.5) is 5.82 Å². The number of ether oxygens (including phenoxy) is 1. The maximum absolute atomic E-state index is 5.98. The maximum Gasteiger partial charge on any atom is 0.147 e. The van der Waals surface area contributed by atoms with E-state index in [-0.39, 0.29) is 11.6 Å². The summed E-state index contributed by atoms with van der Waals surface area (Å²) in [6, 6.07) is 13.0. The smallest absolute Gasteiger partial charge is 0.147 e. The average molecular weight is 405 g/mol. The summed E-state index contributed by atoms with van der Waals surface area (Å²) in [6.07, 6.45) is 3.42. The van der Waals surface area contributed by atoms with Gasteiger partial charge in [0.05, 0.1) is 28.1 Å². The summed E-state index contributed by atoms with van der Waals surface area (Å²) < 4.78 is 7.05. The third kappa shape index (κ3) is 3.58. The molecule has 0 radical (unpaired) electrons. The highest BCUT2D eigenvalue weighted by molar-refractivity contribution is 7.25. The topological polar surface area (TPSA) is 59.9 Å². The van der Waals surface area contributed by atoms with Gasteiger partial charge in [0.1, 0.15) is 17.0 Å². The Balaban J connectivity index is 1.50. The number of thiophene rings is 1. The van der Waals surface area contributed by atoms with Crippen LogP contribution in [0.3, 0.4) is 0 Å². The lowest BCUT2D eigenvalue weighted by Crippen LogP contribution is -2.32. The Morgan fingerprint density at radius 1 is 1.21 bits per heavy atom. The quantitative estimate of drug-likeness (QED) is 0.511. The SMILES string of the molecule is C[C@@H](Cc1ccccc1)Nc1ncnc2c1sc1nc3c(cc12)COC(C)(C)C3. The summed E-state index contributed by atoms with van der Waals surface area (Å²) in [5.41, 5.74) is 4.42. The Morgan fingerprint density at radius 3 is 2.86 bits per heavy atom. The van der Waals surface area contributed by atoms with Crippen molar-refractivity contribution in [3.63, 3.8) is 0 Å². The Kier molecular flexibility index (Phi) is 4.48. The van der Waals surface area contributed by atoms with Crippen molar-refractivity contribution in [2.45, 2.75) is 51.9 Å². The van der Waals surface area contributed by atoms with Crippen molar-refractivity contribution < 1.29 is 4.74 Å². The van der Waals surface area contributed by atoms with Gasteiger partial charge >= 0.3 is 0 Å². The Morgan fingerprint density at radius 2 is 2.03 bits per heavy atom. The van der Waals surface area contributed by atoms with Gasteiger partial charge in [0.25, 0.3) is 0 Å². The predicted molar refractivity (Wildman–Crippen MR) is 119 cm³/mol. The number of nitrogens with zero attached hydrogens (tertiary/aromatic N) is 3. The van der Waals surface area contributed by atoms with Gasteiger partial charge in [-0.3, -0.25) is 0 Å². The minimum atomic E-state index is -0.163. The first-order valence-electron chi connectivity index (χ1n) is 9.99. The van der Waals surface area contributed by atoms with Gasteiger partial charge in [0.15, 0.2) is 0 Å². The van der Waals surface area contributed by atoms with Crippen LogP contribution in [0.5, 0.6) is 0 Å². The second-order valence-electron chi connectivity index (χ2n) is 8.41. The first-order chi connectivity index (χ1) is 14.0. The summed E-state index contributed by atoms with van der Waals surface area (Å²) >= 11 is 1.67. The zero-order valence-corrected chi connectivity index (χ0v) is 17.7. The Hall–Kier alpha value is -2.57. The van der Waals surface area contributed by atoms with Crippen molar-refractivity contribution in [1.82, 2.24) is 15.0 Å². The predicted octanol–water partition coefficient (Wildman–Crippen LogP) is 5.13. The molecule has 3 aromatic heterocycles. The number of hydrogen-bond donors (Lipinski definition) is 1. The van der Waals surface area contributed by atoms with E-state index in [2.05, 4.69) is 66.4 Å². The number of nitrogens with one attached hydrogen (secondary N) is 1. The molecule has 1 aliphatic heterocycles. The fourth-order valence-corrected chi connectivity index (χ4v) is 5.02. The van der Waals surface area contributed by atoms with Crippen LogP contribution in [-0.4, -0.2) is 26.6 Å². The molecule has 4 aromatic rings. The van der Waals surface area contributed by atoms with E-state index in [1.807, 2.05) is 6.07 Å². The molecule has 1 N–H and O–H groups in total. The molecule has 0 bridgehead atoms.